The van der Waals surface area contributed by atoms with Crippen molar-refractivity contribution in [2.45, 2.75) is 20.5 Å². The van der Waals surface area contributed by atoms with Crippen molar-refractivity contribution in [3.8, 4) is 5.75 Å². The molecule has 0 aliphatic rings. The van der Waals surface area contributed by atoms with Gasteiger partial charge < -0.3 is 14.3 Å². The molecule has 3 rings (SSSR count). The fraction of sp³-hybridized carbons (Fsp3) is 0.158. The first-order valence-corrected chi connectivity index (χ1v) is 7.45. The van der Waals surface area contributed by atoms with Gasteiger partial charge in [0.1, 0.15) is 23.5 Å². The second kappa shape index (κ2) is 6.20. The lowest BCUT2D eigenvalue weighted by Crippen LogP contribution is -2.08. The number of carbonyl (C=O) groups is 1. The van der Waals surface area contributed by atoms with E-state index >= 15 is 0 Å². The highest BCUT2D eigenvalue weighted by molar-refractivity contribution is 5.92. The third-order valence-corrected chi connectivity index (χ3v) is 3.93. The van der Waals surface area contributed by atoms with E-state index in [1.54, 1.807) is 18.2 Å². The first-order chi connectivity index (χ1) is 11.5. The highest BCUT2D eigenvalue weighted by atomic mass is 16.5. The van der Waals surface area contributed by atoms with Crippen LogP contribution in [0, 0.1) is 13.8 Å². The van der Waals surface area contributed by atoms with E-state index in [9.17, 15) is 14.7 Å². The summed E-state index contributed by atoms with van der Waals surface area (Å²) in [4.78, 5) is 23.8. The first kappa shape index (κ1) is 15.8. The third kappa shape index (κ3) is 3.01. The summed E-state index contributed by atoms with van der Waals surface area (Å²) in [5, 5.41) is 10.4. The van der Waals surface area contributed by atoms with Crippen LogP contribution in [0.25, 0.3) is 11.0 Å². The van der Waals surface area contributed by atoms with Crippen LogP contribution in [0.1, 0.15) is 27.0 Å². The molecule has 3 aromatic rings. The molecule has 0 unspecified atom stereocenters. The number of aromatic hydroxyl groups is 1. The molecule has 1 aromatic heterocycles. The Hall–Kier alpha value is -3.08. The predicted molar refractivity (Wildman–Crippen MR) is 89.2 cm³/mol. The number of para-hydroxylation sites is 1. The molecule has 0 spiro atoms. The number of hydrogen-bond acceptors (Lipinski definition) is 5. The van der Waals surface area contributed by atoms with E-state index in [-0.39, 0.29) is 17.9 Å². The molecular weight excluding hydrogens is 308 g/mol. The van der Waals surface area contributed by atoms with Gasteiger partial charge in [-0.3, -0.25) is 0 Å². The van der Waals surface area contributed by atoms with Gasteiger partial charge in [0.2, 0.25) is 0 Å². The fourth-order valence-corrected chi connectivity index (χ4v) is 2.47. The number of fused-ring (bicyclic) bond motifs is 1. The number of benzene rings is 2. The van der Waals surface area contributed by atoms with E-state index < -0.39 is 11.6 Å². The average Bonchev–Trinajstić information content (AvgIpc) is 2.54. The summed E-state index contributed by atoms with van der Waals surface area (Å²) in [6, 6.07) is 11.1. The quantitative estimate of drug-likeness (QED) is 0.589. The molecule has 0 saturated carbocycles. The van der Waals surface area contributed by atoms with Crippen molar-refractivity contribution in [2.24, 2.45) is 0 Å². The third-order valence-electron chi connectivity index (χ3n) is 3.93. The zero-order chi connectivity index (χ0) is 17.3. The minimum atomic E-state index is -0.654. The molecule has 122 valence electrons. The minimum Gasteiger partial charge on any atom is -0.507 e. The molecule has 0 atom stereocenters. The van der Waals surface area contributed by atoms with Gasteiger partial charge in [0.05, 0.1) is 0 Å². The number of carbonyl (C=O) groups excluding carboxylic acids is 1. The molecule has 1 heterocycles. The highest BCUT2D eigenvalue weighted by Gasteiger charge is 2.14. The molecule has 0 aliphatic carbocycles. The Morgan fingerprint density at radius 1 is 1.12 bits per heavy atom. The highest BCUT2D eigenvalue weighted by Crippen LogP contribution is 2.23. The van der Waals surface area contributed by atoms with Crippen LogP contribution in [-0.2, 0) is 11.3 Å². The summed E-state index contributed by atoms with van der Waals surface area (Å²) >= 11 is 0. The van der Waals surface area contributed by atoms with Gasteiger partial charge in [-0.1, -0.05) is 12.1 Å². The van der Waals surface area contributed by atoms with Crippen LogP contribution in [0.5, 0.6) is 5.75 Å². The van der Waals surface area contributed by atoms with Crippen LogP contribution < -0.4 is 5.63 Å². The molecule has 1 N–H and O–H groups in total. The zero-order valence-corrected chi connectivity index (χ0v) is 13.3. The smallest absolute Gasteiger partial charge is 0.342 e. The number of hydrogen-bond donors (Lipinski definition) is 1. The molecular formula is C19H16O5. The van der Waals surface area contributed by atoms with E-state index in [1.807, 2.05) is 19.9 Å². The molecule has 2 aromatic carbocycles. The predicted octanol–water partition coefficient (Wildman–Crippen LogP) is 3.47. The van der Waals surface area contributed by atoms with E-state index in [4.69, 9.17) is 9.15 Å². The Bertz CT molecular complexity index is 985. The van der Waals surface area contributed by atoms with E-state index in [0.717, 1.165) is 16.5 Å². The van der Waals surface area contributed by atoms with Crippen LogP contribution in [0.4, 0.5) is 0 Å². The van der Waals surface area contributed by atoms with Crippen LogP contribution in [0.15, 0.2) is 51.7 Å². The first-order valence-electron chi connectivity index (χ1n) is 7.45. The second-order valence-corrected chi connectivity index (χ2v) is 5.62. The van der Waals surface area contributed by atoms with Crippen molar-refractivity contribution in [2.75, 3.05) is 0 Å². The van der Waals surface area contributed by atoms with Crippen molar-refractivity contribution in [3.63, 3.8) is 0 Å². The molecule has 5 nitrogen and oxygen atoms in total. The summed E-state index contributed by atoms with van der Waals surface area (Å²) in [7, 11) is 0. The summed E-state index contributed by atoms with van der Waals surface area (Å²) < 4.78 is 10.5. The van der Waals surface area contributed by atoms with E-state index in [0.29, 0.717) is 11.1 Å². The van der Waals surface area contributed by atoms with Gasteiger partial charge in [0.15, 0.2) is 0 Å². The van der Waals surface area contributed by atoms with E-state index in [1.165, 1.54) is 18.2 Å². The van der Waals surface area contributed by atoms with Crippen LogP contribution in [0.3, 0.4) is 0 Å². The standard InChI is InChI=1S/C19H16O5/c1-11-7-15-13(9-18(21)24-17(15)8-12(11)2)10-23-19(22)14-5-3-4-6-16(14)20/h3-9,20H,10H2,1-2H3. The van der Waals surface area contributed by atoms with Crippen LogP contribution >= 0.6 is 0 Å². The summed E-state index contributed by atoms with van der Waals surface area (Å²) in [5.41, 5.74) is 2.65. The van der Waals surface area contributed by atoms with Gasteiger partial charge in [0, 0.05) is 17.0 Å². The number of phenols is 1. The van der Waals surface area contributed by atoms with Gasteiger partial charge in [-0.25, -0.2) is 9.59 Å². The molecule has 0 bridgehead atoms. The monoisotopic (exact) mass is 324 g/mol. The number of phenolic OH excluding ortho intramolecular Hbond substituents is 1. The van der Waals surface area contributed by atoms with Crippen molar-refractivity contribution >= 4 is 16.9 Å². The number of rotatable bonds is 3. The van der Waals surface area contributed by atoms with Gasteiger partial charge in [-0.2, -0.15) is 0 Å². The van der Waals surface area contributed by atoms with Crippen molar-refractivity contribution in [1.82, 2.24) is 0 Å². The van der Waals surface area contributed by atoms with Gasteiger partial charge >= 0.3 is 11.6 Å². The van der Waals surface area contributed by atoms with Crippen LogP contribution in [-0.4, -0.2) is 11.1 Å². The largest absolute Gasteiger partial charge is 0.507 e. The Morgan fingerprint density at radius 2 is 1.83 bits per heavy atom. The second-order valence-electron chi connectivity index (χ2n) is 5.62. The van der Waals surface area contributed by atoms with E-state index in [2.05, 4.69) is 0 Å². The molecule has 0 saturated heterocycles. The normalized spacial score (nSPS) is 10.8. The Kier molecular flexibility index (Phi) is 4.08. The van der Waals surface area contributed by atoms with Gasteiger partial charge in [-0.05, 0) is 49.2 Å². The maximum atomic E-state index is 12.1. The molecule has 0 aliphatic heterocycles. The number of esters is 1. The SMILES string of the molecule is Cc1cc2oc(=O)cc(COC(=O)c3ccccc3O)c2cc1C. The zero-order valence-electron chi connectivity index (χ0n) is 13.3. The molecule has 0 fully saturated rings. The summed E-state index contributed by atoms with van der Waals surface area (Å²) in [5.74, 6) is -0.801. The lowest BCUT2D eigenvalue weighted by molar-refractivity contribution is 0.0470. The Morgan fingerprint density at radius 3 is 2.58 bits per heavy atom. The summed E-state index contributed by atoms with van der Waals surface area (Å²) in [6.45, 7) is 3.80. The van der Waals surface area contributed by atoms with Crippen molar-refractivity contribution < 1.29 is 19.1 Å². The van der Waals surface area contributed by atoms with Gasteiger partial charge in [-0.15, -0.1) is 0 Å². The molecule has 0 radical (unpaired) electrons. The molecule has 0 amide bonds. The Balaban J connectivity index is 1.93. The number of aryl methyl sites for hydroxylation is 2. The summed E-state index contributed by atoms with van der Waals surface area (Å²) in [6.07, 6.45) is 0. The number of ether oxygens (including phenoxy) is 1. The average molecular weight is 324 g/mol. The molecule has 5 heteroatoms. The maximum absolute atomic E-state index is 12.1. The van der Waals surface area contributed by atoms with Crippen molar-refractivity contribution in [1.29, 1.82) is 0 Å². The van der Waals surface area contributed by atoms with Gasteiger partial charge in [0.25, 0.3) is 0 Å². The molecule has 24 heavy (non-hydrogen) atoms. The fourth-order valence-electron chi connectivity index (χ4n) is 2.47. The van der Waals surface area contributed by atoms with Crippen molar-refractivity contribution in [3.05, 3.63) is 75.1 Å². The van der Waals surface area contributed by atoms with Crippen LogP contribution in [0.2, 0.25) is 0 Å². The lowest BCUT2D eigenvalue weighted by Gasteiger charge is -2.09. The Labute approximate surface area is 138 Å². The maximum Gasteiger partial charge on any atom is 0.342 e. The topological polar surface area (TPSA) is 76.7 Å². The minimum absolute atomic E-state index is 0.0804. The lowest BCUT2D eigenvalue weighted by atomic mass is 10.0.